The predicted molar refractivity (Wildman–Crippen MR) is 89.6 cm³/mol. The molecule has 4 nitrogen and oxygen atoms in total. The number of pyridine rings is 1. The third-order valence-corrected chi connectivity index (χ3v) is 3.74. The van der Waals surface area contributed by atoms with Crippen LogP contribution in [0.3, 0.4) is 0 Å². The van der Waals surface area contributed by atoms with Gasteiger partial charge in [0.05, 0.1) is 11.4 Å². The second-order valence-electron chi connectivity index (χ2n) is 5.53. The van der Waals surface area contributed by atoms with Gasteiger partial charge in [-0.3, -0.25) is 4.40 Å². The van der Waals surface area contributed by atoms with Crippen molar-refractivity contribution in [3.8, 4) is 0 Å². The summed E-state index contributed by atoms with van der Waals surface area (Å²) in [5, 5.41) is 9.49. The second kappa shape index (κ2) is 5.89. The lowest BCUT2D eigenvalue weighted by atomic mass is 10.1. The summed E-state index contributed by atoms with van der Waals surface area (Å²) in [4.78, 5) is 4.65. The molecule has 2 heterocycles. The van der Waals surface area contributed by atoms with Crippen LogP contribution in [0.15, 0.2) is 52.8 Å². The van der Waals surface area contributed by atoms with Gasteiger partial charge < -0.3 is 0 Å². The Hall–Kier alpha value is -2.20. The van der Waals surface area contributed by atoms with E-state index < -0.39 is 0 Å². The number of fused-ring (bicyclic) bond motifs is 1. The molecule has 5 heteroatoms. The number of azo groups is 1. The first-order valence-corrected chi connectivity index (χ1v) is 7.59. The third kappa shape index (κ3) is 2.74. The van der Waals surface area contributed by atoms with Crippen LogP contribution in [-0.2, 0) is 0 Å². The van der Waals surface area contributed by atoms with E-state index in [9.17, 15) is 0 Å². The van der Waals surface area contributed by atoms with Crippen molar-refractivity contribution in [3.63, 3.8) is 0 Å². The van der Waals surface area contributed by atoms with Crippen molar-refractivity contribution in [1.82, 2.24) is 9.38 Å². The standard InChI is InChI=1S/C17H17ClN4/c1-11(2)16-17(22-9-5-4-6-15(22)19-16)21-20-14-10-13(18)8-7-12(14)3/h4-11H,1-3H3. The van der Waals surface area contributed by atoms with Crippen molar-refractivity contribution in [2.75, 3.05) is 0 Å². The average molecular weight is 313 g/mol. The lowest BCUT2D eigenvalue weighted by Crippen LogP contribution is -1.87. The van der Waals surface area contributed by atoms with Crippen LogP contribution in [0.1, 0.15) is 31.0 Å². The molecule has 112 valence electrons. The van der Waals surface area contributed by atoms with Gasteiger partial charge in [-0.05, 0) is 42.7 Å². The summed E-state index contributed by atoms with van der Waals surface area (Å²) >= 11 is 6.04. The SMILES string of the molecule is Cc1ccc(Cl)cc1N=Nc1c(C(C)C)nc2ccccn12. The molecular formula is C17H17ClN4. The molecule has 3 aromatic rings. The van der Waals surface area contributed by atoms with Gasteiger partial charge in [-0.25, -0.2) is 4.98 Å². The van der Waals surface area contributed by atoms with Crippen LogP contribution in [-0.4, -0.2) is 9.38 Å². The third-order valence-electron chi connectivity index (χ3n) is 3.50. The van der Waals surface area contributed by atoms with Gasteiger partial charge in [-0.2, -0.15) is 0 Å². The Morgan fingerprint density at radius 3 is 2.73 bits per heavy atom. The number of nitrogens with zero attached hydrogens (tertiary/aromatic N) is 4. The second-order valence-corrected chi connectivity index (χ2v) is 5.97. The molecule has 22 heavy (non-hydrogen) atoms. The van der Waals surface area contributed by atoms with Crippen molar-refractivity contribution < 1.29 is 0 Å². The van der Waals surface area contributed by atoms with E-state index in [1.807, 2.05) is 53.9 Å². The van der Waals surface area contributed by atoms with E-state index in [0.29, 0.717) is 5.02 Å². The summed E-state index contributed by atoms with van der Waals surface area (Å²) in [5.74, 6) is 1.04. The molecule has 0 atom stereocenters. The van der Waals surface area contributed by atoms with E-state index in [2.05, 4.69) is 29.1 Å². The van der Waals surface area contributed by atoms with Crippen molar-refractivity contribution in [2.45, 2.75) is 26.7 Å². The maximum Gasteiger partial charge on any atom is 0.183 e. The van der Waals surface area contributed by atoms with Crippen molar-refractivity contribution in [3.05, 3.63) is 58.9 Å². The van der Waals surface area contributed by atoms with Crippen LogP contribution in [0.2, 0.25) is 5.02 Å². The van der Waals surface area contributed by atoms with E-state index in [4.69, 9.17) is 11.6 Å². The molecule has 0 unspecified atom stereocenters. The minimum Gasteiger partial charge on any atom is -0.283 e. The predicted octanol–water partition coefficient (Wildman–Crippen LogP) is 5.83. The van der Waals surface area contributed by atoms with E-state index in [1.165, 1.54) is 0 Å². The topological polar surface area (TPSA) is 42.0 Å². The number of aromatic nitrogens is 2. The highest BCUT2D eigenvalue weighted by Crippen LogP contribution is 2.30. The van der Waals surface area contributed by atoms with Gasteiger partial charge >= 0.3 is 0 Å². The highest BCUT2D eigenvalue weighted by atomic mass is 35.5. The highest BCUT2D eigenvalue weighted by Gasteiger charge is 2.14. The first-order valence-electron chi connectivity index (χ1n) is 7.21. The van der Waals surface area contributed by atoms with E-state index in [1.54, 1.807) is 0 Å². The minimum atomic E-state index is 0.273. The molecule has 0 bridgehead atoms. The zero-order chi connectivity index (χ0) is 15.7. The Balaban J connectivity index is 2.11. The van der Waals surface area contributed by atoms with Crippen LogP contribution < -0.4 is 0 Å². The van der Waals surface area contributed by atoms with Crippen molar-refractivity contribution >= 4 is 28.8 Å². The summed E-state index contributed by atoms with van der Waals surface area (Å²) < 4.78 is 1.96. The molecule has 0 aliphatic heterocycles. The Morgan fingerprint density at radius 2 is 1.95 bits per heavy atom. The monoisotopic (exact) mass is 312 g/mol. The van der Waals surface area contributed by atoms with Gasteiger partial charge in [0.1, 0.15) is 5.65 Å². The number of halogens is 1. The molecule has 0 aliphatic rings. The van der Waals surface area contributed by atoms with Crippen LogP contribution in [0.5, 0.6) is 0 Å². The van der Waals surface area contributed by atoms with Gasteiger partial charge in [0.2, 0.25) is 0 Å². The van der Waals surface area contributed by atoms with Gasteiger partial charge in [0.15, 0.2) is 5.82 Å². The average Bonchev–Trinajstić information content (AvgIpc) is 2.87. The molecule has 0 radical (unpaired) electrons. The summed E-state index contributed by atoms with van der Waals surface area (Å²) in [7, 11) is 0. The quantitative estimate of drug-likeness (QED) is 0.560. The normalized spacial score (nSPS) is 11.9. The van der Waals surface area contributed by atoms with E-state index in [0.717, 1.165) is 28.4 Å². The smallest absolute Gasteiger partial charge is 0.183 e. The lowest BCUT2D eigenvalue weighted by molar-refractivity contribution is 0.831. The Bertz CT molecular complexity index is 849. The summed E-state index contributed by atoms with van der Waals surface area (Å²) in [6.07, 6.45) is 1.95. The number of rotatable bonds is 3. The van der Waals surface area contributed by atoms with E-state index >= 15 is 0 Å². The number of benzene rings is 1. The summed E-state index contributed by atoms with van der Waals surface area (Å²) in [6.45, 7) is 6.19. The van der Waals surface area contributed by atoms with Crippen LogP contribution in [0, 0.1) is 6.92 Å². The van der Waals surface area contributed by atoms with Gasteiger partial charge in [0, 0.05) is 11.2 Å². The number of aryl methyl sites for hydroxylation is 1. The molecule has 2 aromatic heterocycles. The fourth-order valence-electron chi connectivity index (χ4n) is 2.28. The molecule has 0 fully saturated rings. The molecular weight excluding hydrogens is 296 g/mol. The van der Waals surface area contributed by atoms with E-state index in [-0.39, 0.29) is 5.92 Å². The number of imidazole rings is 1. The lowest BCUT2D eigenvalue weighted by Gasteiger charge is -2.02. The maximum atomic E-state index is 6.04. The summed E-state index contributed by atoms with van der Waals surface area (Å²) in [5.41, 5.74) is 3.62. The first-order chi connectivity index (χ1) is 10.6. The highest BCUT2D eigenvalue weighted by molar-refractivity contribution is 6.30. The number of hydrogen-bond acceptors (Lipinski definition) is 3. The molecule has 0 spiro atoms. The number of hydrogen-bond donors (Lipinski definition) is 0. The summed E-state index contributed by atoms with van der Waals surface area (Å²) in [6, 6.07) is 11.5. The minimum absolute atomic E-state index is 0.273. The van der Waals surface area contributed by atoms with Crippen LogP contribution in [0.4, 0.5) is 11.5 Å². The molecule has 0 N–H and O–H groups in total. The maximum absolute atomic E-state index is 6.04. The largest absolute Gasteiger partial charge is 0.283 e. The van der Waals surface area contributed by atoms with Crippen LogP contribution >= 0.6 is 11.6 Å². The van der Waals surface area contributed by atoms with Gasteiger partial charge in [-0.1, -0.05) is 37.6 Å². The Labute approximate surface area is 134 Å². The fourth-order valence-corrected chi connectivity index (χ4v) is 2.45. The van der Waals surface area contributed by atoms with Crippen molar-refractivity contribution in [1.29, 1.82) is 0 Å². The fraction of sp³-hybridized carbons (Fsp3) is 0.235. The first kappa shape index (κ1) is 14.7. The zero-order valence-corrected chi connectivity index (χ0v) is 13.5. The molecule has 3 rings (SSSR count). The van der Waals surface area contributed by atoms with Crippen LogP contribution in [0.25, 0.3) is 5.65 Å². The van der Waals surface area contributed by atoms with Crippen molar-refractivity contribution in [2.24, 2.45) is 10.2 Å². The molecule has 0 aliphatic carbocycles. The zero-order valence-electron chi connectivity index (χ0n) is 12.8. The Morgan fingerprint density at radius 1 is 1.14 bits per heavy atom. The molecule has 0 saturated carbocycles. The molecule has 0 saturated heterocycles. The Kier molecular flexibility index (Phi) is 3.94. The van der Waals surface area contributed by atoms with Gasteiger partial charge in [-0.15, -0.1) is 10.2 Å². The molecule has 1 aromatic carbocycles. The molecule has 0 amide bonds. The van der Waals surface area contributed by atoms with Gasteiger partial charge in [0.25, 0.3) is 0 Å².